The first-order valence-corrected chi connectivity index (χ1v) is 5.74. The summed E-state index contributed by atoms with van der Waals surface area (Å²) in [4.78, 5) is 11.2. The van der Waals surface area contributed by atoms with Crippen LogP contribution in [0.2, 0.25) is 0 Å². The molecule has 0 amide bonds. The van der Waals surface area contributed by atoms with E-state index >= 15 is 0 Å². The van der Waals surface area contributed by atoms with Crippen molar-refractivity contribution in [2.24, 2.45) is 0 Å². The summed E-state index contributed by atoms with van der Waals surface area (Å²) >= 11 is 0. The first kappa shape index (κ1) is 13.3. The van der Waals surface area contributed by atoms with Gasteiger partial charge in [-0.05, 0) is 31.0 Å². The molecule has 0 N–H and O–H groups in total. The predicted octanol–water partition coefficient (Wildman–Crippen LogP) is 2.75. The van der Waals surface area contributed by atoms with Crippen molar-refractivity contribution in [3.63, 3.8) is 0 Å². The minimum absolute atomic E-state index is 0.153. The Morgan fingerprint density at radius 1 is 1.35 bits per heavy atom. The van der Waals surface area contributed by atoms with E-state index in [1.165, 1.54) is 0 Å². The minimum Gasteiger partial charge on any atom is -0.490 e. The number of aryl methyl sites for hydroxylation is 1. The summed E-state index contributed by atoms with van der Waals surface area (Å²) < 4.78 is 10.2. The molecule has 0 atom stereocenters. The molecule has 0 unspecified atom stereocenters. The van der Waals surface area contributed by atoms with Crippen molar-refractivity contribution in [1.82, 2.24) is 0 Å². The van der Waals surface area contributed by atoms with Crippen LogP contribution in [0.1, 0.15) is 18.9 Å². The average molecular weight is 234 g/mol. The highest BCUT2D eigenvalue weighted by atomic mass is 16.5. The number of carbonyl (C=O) groups is 1. The van der Waals surface area contributed by atoms with Crippen molar-refractivity contribution in [3.05, 3.63) is 42.5 Å². The van der Waals surface area contributed by atoms with Gasteiger partial charge in [0, 0.05) is 6.42 Å². The Morgan fingerprint density at radius 3 is 2.65 bits per heavy atom. The molecule has 1 aromatic rings. The highest BCUT2D eigenvalue weighted by Crippen LogP contribution is 2.13. The van der Waals surface area contributed by atoms with Gasteiger partial charge in [0.2, 0.25) is 0 Å². The quantitative estimate of drug-likeness (QED) is 0.537. The lowest BCUT2D eigenvalue weighted by molar-refractivity contribution is -0.143. The molecule has 0 bridgehead atoms. The van der Waals surface area contributed by atoms with Gasteiger partial charge in [-0.2, -0.15) is 0 Å². The fourth-order valence-electron chi connectivity index (χ4n) is 1.39. The van der Waals surface area contributed by atoms with E-state index in [1.807, 2.05) is 31.2 Å². The van der Waals surface area contributed by atoms with Crippen molar-refractivity contribution in [2.45, 2.75) is 19.8 Å². The van der Waals surface area contributed by atoms with E-state index in [0.717, 1.165) is 11.3 Å². The van der Waals surface area contributed by atoms with Gasteiger partial charge in [0.05, 0.1) is 6.61 Å². The second kappa shape index (κ2) is 7.49. The second-order valence-electron chi connectivity index (χ2n) is 3.55. The molecule has 0 saturated carbocycles. The van der Waals surface area contributed by atoms with Crippen LogP contribution in [-0.2, 0) is 16.0 Å². The normalized spacial score (nSPS) is 9.71. The third-order valence-corrected chi connectivity index (χ3v) is 2.21. The van der Waals surface area contributed by atoms with Gasteiger partial charge in [-0.3, -0.25) is 4.79 Å². The number of rotatable bonds is 7. The zero-order valence-electron chi connectivity index (χ0n) is 10.1. The van der Waals surface area contributed by atoms with Crippen molar-refractivity contribution >= 4 is 5.97 Å². The topological polar surface area (TPSA) is 35.5 Å². The second-order valence-corrected chi connectivity index (χ2v) is 3.55. The molecule has 0 radical (unpaired) electrons. The van der Waals surface area contributed by atoms with E-state index in [4.69, 9.17) is 9.47 Å². The fourth-order valence-corrected chi connectivity index (χ4v) is 1.39. The molecule has 0 aliphatic rings. The summed E-state index contributed by atoms with van der Waals surface area (Å²) in [5, 5.41) is 0. The molecule has 0 aliphatic carbocycles. The zero-order chi connectivity index (χ0) is 12.5. The van der Waals surface area contributed by atoms with E-state index in [9.17, 15) is 4.79 Å². The first-order valence-electron chi connectivity index (χ1n) is 5.74. The predicted molar refractivity (Wildman–Crippen MR) is 67.1 cm³/mol. The monoisotopic (exact) mass is 234 g/mol. The Labute approximate surface area is 102 Å². The van der Waals surface area contributed by atoms with Gasteiger partial charge in [0.25, 0.3) is 0 Å². The van der Waals surface area contributed by atoms with Gasteiger partial charge in [-0.15, -0.1) is 0 Å². The Balaban J connectivity index is 2.39. The largest absolute Gasteiger partial charge is 0.490 e. The molecule has 0 spiro atoms. The third kappa shape index (κ3) is 5.20. The van der Waals surface area contributed by atoms with Crippen LogP contribution in [0.15, 0.2) is 36.9 Å². The Kier molecular flexibility index (Phi) is 5.86. The van der Waals surface area contributed by atoms with Crippen LogP contribution in [0, 0.1) is 0 Å². The van der Waals surface area contributed by atoms with Gasteiger partial charge in [-0.1, -0.05) is 24.8 Å². The highest BCUT2D eigenvalue weighted by Gasteiger charge is 2.02. The number of benzene rings is 1. The third-order valence-electron chi connectivity index (χ3n) is 2.21. The van der Waals surface area contributed by atoms with Gasteiger partial charge >= 0.3 is 5.97 Å². The molecular weight excluding hydrogens is 216 g/mol. The number of esters is 1. The maximum absolute atomic E-state index is 11.2. The molecule has 0 saturated heterocycles. The summed E-state index contributed by atoms with van der Waals surface area (Å²) in [6.07, 6.45) is 2.82. The number of carbonyl (C=O) groups excluding carboxylic acids is 1. The Morgan fingerprint density at radius 2 is 2.06 bits per heavy atom. The van der Waals surface area contributed by atoms with E-state index in [2.05, 4.69) is 6.58 Å². The van der Waals surface area contributed by atoms with Crippen LogP contribution in [-0.4, -0.2) is 19.2 Å². The molecule has 3 heteroatoms. The summed E-state index contributed by atoms with van der Waals surface area (Å²) in [6, 6.07) is 7.70. The van der Waals surface area contributed by atoms with Crippen molar-refractivity contribution in [3.8, 4) is 5.75 Å². The van der Waals surface area contributed by atoms with Crippen LogP contribution in [0.5, 0.6) is 5.75 Å². The van der Waals surface area contributed by atoms with Crippen LogP contribution in [0.25, 0.3) is 0 Å². The van der Waals surface area contributed by atoms with Crippen LogP contribution < -0.4 is 4.74 Å². The molecule has 0 aliphatic heterocycles. The van der Waals surface area contributed by atoms with Crippen LogP contribution in [0.4, 0.5) is 0 Å². The lowest BCUT2D eigenvalue weighted by Gasteiger charge is -2.05. The zero-order valence-corrected chi connectivity index (χ0v) is 10.1. The smallest absolute Gasteiger partial charge is 0.306 e. The van der Waals surface area contributed by atoms with E-state index in [0.29, 0.717) is 26.1 Å². The molecule has 1 aromatic carbocycles. The van der Waals surface area contributed by atoms with Gasteiger partial charge in [-0.25, -0.2) is 0 Å². The van der Waals surface area contributed by atoms with Gasteiger partial charge < -0.3 is 9.47 Å². The van der Waals surface area contributed by atoms with Crippen LogP contribution in [0.3, 0.4) is 0 Å². The Bertz CT molecular complexity index is 354. The summed E-state index contributed by atoms with van der Waals surface area (Å²) in [5.74, 6) is 0.657. The number of hydrogen-bond donors (Lipinski definition) is 0. The first-order chi connectivity index (χ1) is 8.26. The molecule has 1 rings (SSSR count). The van der Waals surface area contributed by atoms with Gasteiger partial charge in [0.1, 0.15) is 12.4 Å². The summed E-state index contributed by atoms with van der Waals surface area (Å²) in [5.41, 5.74) is 1.10. The van der Waals surface area contributed by atoms with Gasteiger partial charge in [0.15, 0.2) is 0 Å². The van der Waals surface area contributed by atoms with Crippen molar-refractivity contribution < 1.29 is 14.3 Å². The molecule has 0 aromatic heterocycles. The average Bonchev–Trinajstić information content (AvgIpc) is 2.35. The molecule has 92 valence electrons. The minimum atomic E-state index is -0.153. The molecule has 0 heterocycles. The summed E-state index contributed by atoms with van der Waals surface area (Å²) in [6.45, 7) is 6.33. The lowest BCUT2D eigenvalue weighted by atomic mass is 10.1. The highest BCUT2D eigenvalue weighted by molar-refractivity contribution is 5.69. The standard InChI is InChI=1S/C14H18O3/c1-3-11-17-13-8-5-12(6-9-13)7-10-14(15)16-4-2/h3,5-6,8-9H,1,4,7,10-11H2,2H3. The van der Waals surface area contributed by atoms with Crippen molar-refractivity contribution in [2.75, 3.05) is 13.2 Å². The Hall–Kier alpha value is -1.77. The maximum Gasteiger partial charge on any atom is 0.306 e. The van der Waals surface area contributed by atoms with E-state index in [1.54, 1.807) is 6.08 Å². The van der Waals surface area contributed by atoms with Crippen LogP contribution >= 0.6 is 0 Å². The number of ether oxygens (including phenoxy) is 2. The SMILES string of the molecule is C=CCOc1ccc(CCC(=O)OCC)cc1. The van der Waals surface area contributed by atoms with E-state index < -0.39 is 0 Å². The van der Waals surface area contributed by atoms with E-state index in [-0.39, 0.29) is 5.97 Å². The molecule has 17 heavy (non-hydrogen) atoms. The molecule has 0 fully saturated rings. The molecular formula is C14H18O3. The fraction of sp³-hybridized carbons (Fsp3) is 0.357. The lowest BCUT2D eigenvalue weighted by Crippen LogP contribution is -2.05. The summed E-state index contributed by atoms with van der Waals surface area (Å²) in [7, 11) is 0. The number of hydrogen-bond acceptors (Lipinski definition) is 3. The maximum atomic E-state index is 11.2. The molecule has 3 nitrogen and oxygen atoms in total. The van der Waals surface area contributed by atoms with Crippen molar-refractivity contribution in [1.29, 1.82) is 0 Å².